The van der Waals surface area contributed by atoms with Gasteiger partial charge in [-0.05, 0) is 51.1 Å². The first-order chi connectivity index (χ1) is 11.7. The molecule has 0 aliphatic carbocycles. The minimum atomic E-state index is -3.95. The minimum Gasteiger partial charge on any atom is -0.465 e. The van der Waals surface area contributed by atoms with Crippen LogP contribution < -0.4 is 0 Å². The average Bonchev–Trinajstić information content (AvgIpc) is 2.97. The van der Waals surface area contributed by atoms with Gasteiger partial charge in [-0.25, -0.2) is 13.2 Å². The summed E-state index contributed by atoms with van der Waals surface area (Å²) in [5, 5.41) is 0.0360. The van der Waals surface area contributed by atoms with Crippen LogP contribution in [0.5, 0.6) is 0 Å². The molecule has 0 N–H and O–H groups in total. The Morgan fingerprint density at radius 1 is 1.28 bits per heavy atom. The number of carbonyl (C=O) groups excluding carboxylic acids is 1. The van der Waals surface area contributed by atoms with Crippen LogP contribution in [0.15, 0.2) is 39.6 Å². The van der Waals surface area contributed by atoms with Gasteiger partial charge in [0.25, 0.3) is 0 Å². The van der Waals surface area contributed by atoms with Gasteiger partial charge in [0.1, 0.15) is 16.4 Å². The Bertz CT molecular complexity index is 873. The lowest BCUT2D eigenvalue weighted by atomic mass is 10.2. The van der Waals surface area contributed by atoms with Crippen molar-refractivity contribution < 1.29 is 22.4 Å². The Hall–Kier alpha value is -1.83. The first kappa shape index (κ1) is 19.5. The van der Waals surface area contributed by atoms with E-state index < -0.39 is 16.0 Å². The summed E-state index contributed by atoms with van der Waals surface area (Å²) in [5.41, 5.74) is 0.114. The Kier molecular flexibility index (Phi) is 5.92. The maximum atomic E-state index is 13.1. The van der Waals surface area contributed by atoms with E-state index in [0.717, 1.165) is 0 Å². The molecule has 0 saturated carbocycles. The fourth-order valence-corrected chi connectivity index (χ4v) is 4.45. The molecule has 0 amide bonds. The normalized spacial score (nSPS) is 12.0. The zero-order valence-electron chi connectivity index (χ0n) is 14.4. The number of sulfonamides is 1. The predicted octanol–water partition coefficient (Wildman–Crippen LogP) is 3.63. The fraction of sp³-hybridized carbons (Fsp3) is 0.353. The number of carbonyl (C=O) groups is 1. The van der Waals surface area contributed by atoms with Crippen LogP contribution >= 0.6 is 11.6 Å². The lowest BCUT2D eigenvalue weighted by molar-refractivity contribution is 0.0600. The van der Waals surface area contributed by atoms with Gasteiger partial charge in [0.05, 0.1) is 24.2 Å². The number of furan rings is 1. The van der Waals surface area contributed by atoms with Gasteiger partial charge in [0, 0.05) is 6.04 Å². The molecule has 1 aromatic heterocycles. The fourth-order valence-electron chi connectivity index (χ4n) is 2.34. The van der Waals surface area contributed by atoms with E-state index in [1.165, 1.54) is 29.6 Å². The summed E-state index contributed by atoms with van der Waals surface area (Å²) >= 11 is 6.10. The number of nitrogens with zero attached hydrogens (tertiary/aromatic N) is 1. The highest BCUT2D eigenvalue weighted by Crippen LogP contribution is 2.28. The molecule has 0 saturated heterocycles. The molecule has 0 atom stereocenters. The molecule has 0 spiro atoms. The van der Waals surface area contributed by atoms with Crippen LogP contribution in [0.3, 0.4) is 0 Å². The van der Waals surface area contributed by atoms with E-state index in [2.05, 4.69) is 4.74 Å². The van der Waals surface area contributed by atoms with Crippen LogP contribution in [0, 0.1) is 6.92 Å². The van der Waals surface area contributed by atoms with E-state index >= 15 is 0 Å². The highest BCUT2D eigenvalue weighted by atomic mass is 35.5. The second kappa shape index (κ2) is 7.59. The van der Waals surface area contributed by atoms with E-state index in [1.54, 1.807) is 32.9 Å². The molecule has 136 valence electrons. The summed E-state index contributed by atoms with van der Waals surface area (Å²) in [6.45, 7) is 5.36. The number of rotatable bonds is 6. The van der Waals surface area contributed by atoms with Crippen LogP contribution in [-0.4, -0.2) is 31.8 Å². The second-order valence-electron chi connectivity index (χ2n) is 5.79. The Balaban J connectivity index is 2.48. The Morgan fingerprint density at radius 2 is 1.96 bits per heavy atom. The van der Waals surface area contributed by atoms with Crippen molar-refractivity contribution >= 4 is 27.6 Å². The van der Waals surface area contributed by atoms with Gasteiger partial charge in [0.2, 0.25) is 10.0 Å². The highest BCUT2D eigenvalue weighted by molar-refractivity contribution is 7.89. The van der Waals surface area contributed by atoms with Gasteiger partial charge < -0.3 is 9.15 Å². The maximum Gasteiger partial charge on any atom is 0.337 e. The molecular formula is C17H20ClNO5S. The summed E-state index contributed by atoms with van der Waals surface area (Å²) in [5.74, 6) is 0.586. The SMILES string of the molecule is COC(=O)c1ccc(Cl)c(S(=O)(=O)N(Cc2ccc(C)o2)C(C)C)c1. The van der Waals surface area contributed by atoms with Crippen LogP contribution in [0.25, 0.3) is 0 Å². The van der Waals surface area contributed by atoms with Gasteiger partial charge in [-0.1, -0.05) is 11.6 Å². The molecule has 2 rings (SSSR count). The smallest absolute Gasteiger partial charge is 0.337 e. The summed E-state index contributed by atoms with van der Waals surface area (Å²) in [6, 6.07) is 7.18. The summed E-state index contributed by atoms with van der Waals surface area (Å²) in [7, 11) is -2.72. The van der Waals surface area contributed by atoms with E-state index in [1.807, 2.05) is 0 Å². The lowest BCUT2D eigenvalue weighted by Crippen LogP contribution is -2.36. The van der Waals surface area contributed by atoms with Crippen molar-refractivity contribution in [2.45, 2.75) is 38.3 Å². The van der Waals surface area contributed by atoms with Crippen LogP contribution in [0.2, 0.25) is 5.02 Å². The number of hydrogen-bond acceptors (Lipinski definition) is 5. The highest BCUT2D eigenvalue weighted by Gasteiger charge is 2.30. The van der Waals surface area contributed by atoms with Crippen molar-refractivity contribution in [2.24, 2.45) is 0 Å². The van der Waals surface area contributed by atoms with Gasteiger partial charge in [0.15, 0.2) is 0 Å². The van der Waals surface area contributed by atoms with Crippen LogP contribution in [0.1, 0.15) is 35.7 Å². The van der Waals surface area contributed by atoms with E-state index in [9.17, 15) is 13.2 Å². The average molecular weight is 386 g/mol. The quantitative estimate of drug-likeness (QED) is 0.709. The Labute approximate surface area is 152 Å². The molecule has 0 bridgehead atoms. The van der Waals surface area contributed by atoms with Gasteiger partial charge in [-0.2, -0.15) is 4.31 Å². The molecule has 0 unspecified atom stereocenters. The molecule has 0 aliphatic heterocycles. The summed E-state index contributed by atoms with van der Waals surface area (Å²) in [6.07, 6.45) is 0. The minimum absolute atomic E-state index is 0.0360. The van der Waals surface area contributed by atoms with Crippen LogP contribution in [0.4, 0.5) is 0 Å². The molecule has 0 radical (unpaired) electrons. The molecule has 8 heteroatoms. The summed E-state index contributed by atoms with van der Waals surface area (Å²) in [4.78, 5) is 11.6. The molecular weight excluding hydrogens is 366 g/mol. The molecule has 25 heavy (non-hydrogen) atoms. The first-order valence-corrected chi connectivity index (χ1v) is 9.43. The summed E-state index contributed by atoms with van der Waals surface area (Å²) < 4.78 is 37.6. The van der Waals surface area contributed by atoms with E-state index in [4.69, 9.17) is 16.0 Å². The van der Waals surface area contributed by atoms with Crippen molar-refractivity contribution in [2.75, 3.05) is 7.11 Å². The third kappa shape index (κ3) is 4.23. The van der Waals surface area contributed by atoms with Gasteiger partial charge >= 0.3 is 5.97 Å². The van der Waals surface area contributed by atoms with Crippen molar-refractivity contribution in [3.63, 3.8) is 0 Å². The molecule has 1 aromatic carbocycles. The van der Waals surface area contributed by atoms with Crippen molar-refractivity contribution in [1.82, 2.24) is 4.31 Å². The topological polar surface area (TPSA) is 76.8 Å². The molecule has 2 aromatic rings. The zero-order chi connectivity index (χ0) is 18.8. The number of halogens is 1. The number of aryl methyl sites for hydroxylation is 1. The van der Waals surface area contributed by atoms with Gasteiger partial charge in [-0.3, -0.25) is 0 Å². The Morgan fingerprint density at radius 3 is 2.48 bits per heavy atom. The first-order valence-electron chi connectivity index (χ1n) is 7.62. The molecule has 0 fully saturated rings. The largest absolute Gasteiger partial charge is 0.465 e. The maximum absolute atomic E-state index is 13.1. The molecule has 1 heterocycles. The van der Waals surface area contributed by atoms with Crippen LogP contribution in [-0.2, 0) is 21.3 Å². The third-order valence-corrected chi connectivity index (χ3v) is 6.13. The van der Waals surface area contributed by atoms with Crippen molar-refractivity contribution in [3.05, 3.63) is 52.4 Å². The number of methoxy groups -OCH3 is 1. The van der Waals surface area contributed by atoms with E-state index in [0.29, 0.717) is 11.5 Å². The molecule has 6 nitrogen and oxygen atoms in total. The van der Waals surface area contributed by atoms with E-state index in [-0.39, 0.29) is 28.1 Å². The zero-order valence-corrected chi connectivity index (χ0v) is 16.0. The third-order valence-electron chi connectivity index (χ3n) is 3.62. The number of benzene rings is 1. The monoisotopic (exact) mass is 385 g/mol. The number of ether oxygens (including phenoxy) is 1. The standard InChI is InChI=1S/C17H20ClNO5S/c1-11(2)19(10-14-7-5-12(3)24-14)25(21,22)16-9-13(17(20)23-4)6-8-15(16)18/h5-9,11H,10H2,1-4H3. The number of esters is 1. The second-order valence-corrected chi connectivity index (χ2v) is 8.06. The van der Waals surface area contributed by atoms with Crippen molar-refractivity contribution in [1.29, 1.82) is 0 Å². The number of hydrogen-bond donors (Lipinski definition) is 0. The predicted molar refractivity (Wildman–Crippen MR) is 94.1 cm³/mol. The molecule has 0 aliphatic rings. The lowest BCUT2D eigenvalue weighted by Gasteiger charge is -2.25. The van der Waals surface area contributed by atoms with Gasteiger partial charge in [-0.15, -0.1) is 0 Å². The van der Waals surface area contributed by atoms with Crippen molar-refractivity contribution in [3.8, 4) is 0 Å².